The fraction of sp³-hybridized carbons (Fsp3) is 0.182. The largest absolute Gasteiger partial charge is 0.396 e. The number of rotatable bonds is 3. The molecular formula is C11H13N5O. The third-order valence-corrected chi connectivity index (χ3v) is 2.25. The second-order valence-electron chi connectivity index (χ2n) is 3.71. The predicted molar refractivity (Wildman–Crippen MR) is 64.2 cm³/mol. The van der Waals surface area contributed by atoms with Gasteiger partial charge in [0.25, 0.3) is 0 Å². The van der Waals surface area contributed by atoms with Crippen molar-refractivity contribution < 1.29 is 4.79 Å². The first kappa shape index (κ1) is 11.1. The van der Waals surface area contributed by atoms with Gasteiger partial charge in [0.2, 0.25) is 5.91 Å². The van der Waals surface area contributed by atoms with Crippen LogP contribution in [0, 0.1) is 6.92 Å². The van der Waals surface area contributed by atoms with Crippen LogP contribution in [0.15, 0.2) is 30.9 Å². The van der Waals surface area contributed by atoms with Crippen LogP contribution in [0.25, 0.3) is 0 Å². The lowest BCUT2D eigenvalue weighted by Crippen LogP contribution is -2.19. The van der Waals surface area contributed by atoms with Crippen molar-refractivity contribution in [2.45, 2.75) is 13.5 Å². The van der Waals surface area contributed by atoms with Crippen molar-refractivity contribution in [1.29, 1.82) is 0 Å². The van der Waals surface area contributed by atoms with Crippen LogP contribution in [-0.4, -0.2) is 20.7 Å². The van der Waals surface area contributed by atoms with Crippen molar-refractivity contribution in [3.05, 3.63) is 36.4 Å². The number of carbonyl (C=O) groups excluding carboxylic acids is 1. The van der Waals surface area contributed by atoms with Gasteiger partial charge in [0.15, 0.2) is 0 Å². The average molecular weight is 231 g/mol. The lowest BCUT2D eigenvalue weighted by atomic mass is 10.2. The summed E-state index contributed by atoms with van der Waals surface area (Å²) in [5.41, 5.74) is 7.72. The van der Waals surface area contributed by atoms with Gasteiger partial charge >= 0.3 is 0 Å². The summed E-state index contributed by atoms with van der Waals surface area (Å²) in [4.78, 5) is 15.7. The standard InChI is InChI=1S/C11H13N5O/c1-8-4-13-3-2-10(8)15-11(17)7-16-6-9(12)5-14-16/h2-6H,7,12H2,1H3,(H,13,15,17). The number of nitrogen functional groups attached to an aromatic ring is 1. The Labute approximate surface area is 98.5 Å². The Bertz CT molecular complexity index is 534. The number of hydrogen-bond acceptors (Lipinski definition) is 4. The molecule has 6 heteroatoms. The molecule has 88 valence electrons. The lowest BCUT2D eigenvalue weighted by molar-refractivity contribution is -0.116. The quantitative estimate of drug-likeness (QED) is 0.818. The summed E-state index contributed by atoms with van der Waals surface area (Å²) >= 11 is 0. The number of amides is 1. The van der Waals surface area contributed by atoms with Crippen LogP contribution in [0.3, 0.4) is 0 Å². The van der Waals surface area contributed by atoms with Crippen LogP contribution in [0.1, 0.15) is 5.56 Å². The number of nitrogens with zero attached hydrogens (tertiary/aromatic N) is 3. The fourth-order valence-electron chi connectivity index (χ4n) is 1.42. The van der Waals surface area contributed by atoms with E-state index < -0.39 is 0 Å². The molecule has 0 bridgehead atoms. The Hall–Kier alpha value is -2.37. The highest BCUT2D eigenvalue weighted by Gasteiger charge is 2.06. The van der Waals surface area contributed by atoms with E-state index in [2.05, 4.69) is 15.4 Å². The summed E-state index contributed by atoms with van der Waals surface area (Å²) in [7, 11) is 0. The summed E-state index contributed by atoms with van der Waals surface area (Å²) in [6, 6.07) is 1.75. The number of nitrogens with two attached hydrogens (primary N) is 1. The summed E-state index contributed by atoms with van der Waals surface area (Å²) in [5.74, 6) is -0.151. The maximum atomic E-state index is 11.7. The van der Waals surface area contributed by atoms with Crippen LogP contribution in [0.2, 0.25) is 0 Å². The summed E-state index contributed by atoms with van der Waals surface area (Å²) in [6.45, 7) is 2.02. The van der Waals surface area contributed by atoms with Crippen molar-refractivity contribution in [3.63, 3.8) is 0 Å². The molecule has 2 heterocycles. The van der Waals surface area contributed by atoms with Crippen LogP contribution in [-0.2, 0) is 11.3 Å². The second kappa shape index (κ2) is 4.65. The van der Waals surface area contributed by atoms with Gasteiger partial charge in [-0.25, -0.2) is 0 Å². The van der Waals surface area contributed by atoms with E-state index in [0.29, 0.717) is 5.69 Å². The van der Waals surface area contributed by atoms with Gasteiger partial charge < -0.3 is 11.1 Å². The molecule has 0 unspecified atom stereocenters. The van der Waals surface area contributed by atoms with Crippen molar-refractivity contribution in [2.75, 3.05) is 11.1 Å². The van der Waals surface area contributed by atoms with E-state index >= 15 is 0 Å². The van der Waals surface area contributed by atoms with Crippen LogP contribution < -0.4 is 11.1 Å². The average Bonchev–Trinajstić information content (AvgIpc) is 2.67. The Morgan fingerprint density at radius 3 is 3.00 bits per heavy atom. The monoisotopic (exact) mass is 231 g/mol. The molecule has 2 rings (SSSR count). The van der Waals surface area contributed by atoms with Gasteiger partial charge in [-0.3, -0.25) is 14.5 Å². The van der Waals surface area contributed by atoms with Gasteiger partial charge in [-0.15, -0.1) is 0 Å². The zero-order chi connectivity index (χ0) is 12.3. The van der Waals surface area contributed by atoms with Crippen molar-refractivity contribution in [3.8, 4) is 0 Å². The van der Waals surface area contributed by atoms with E-state index in [9.17, 15) is 4.79 Å². The van der Waals surface area contributed by atoms with Crippen molar-refractivity contribution in [2.24, 2.45) is 0 Å². The molecular weight excluding hydrogens is 218 g/mol. The molecule has 0 aliphatic heterocycles. The number of aryl methyl sites for hydroxylation is 1. The Kier molecular flexibility index (Phi) is 3.04. The SMILES string of the molecule is Cc1cnccc1NC(=O)Cn1cc(N)cn1. The molecule has 17 heavy (non-hydrogen) atoms. The van der Waals surface area contributed by atoms with E-state index in [1.807, 2.05) is 6.92 Å². The maximum absolute atomic E-state index is 11.7. The topological polar surface area (TPSA) is 85.8 Å². The first-order valence-electron chi connectivity index (χ1n) is 5.13. The van der Waals surface area contributed by atoms with Crippen LogP contribution in [0.5, 0.6) is 0 Å². The number of anilines is 2. The normalized spacial score (nSPS) is 10.2. The first-order chi connectivity index (χ1) is 8.15. The number of carbonyl (C=O) groups is 1. The molecule has 6 nitrogen and oxygen atoms in total. The smallest absolute Gasteiger partial charge is 0.246 e. The highest BCUT2D eigenvalue weighted by atomic mass is 16.2. The maximum Gasteiger partial charge on any atom is 0.246 e. The minimum absolute atomic E-state index is 0.138. The van der Waals surface area contributed by atoms with Gasteiger partial charge in [0, 0.05) is 24.3 Å². The molecule has 3 N–H and O–H groups in total. The van der Waals surface area contributed by atoms with E-state index in [4.69, 9.17) is 5.73 Å². The van der Waals surface area contributed by atoms with Crippen molar-refractivity contribution >= 4 is 17.3 Å². The molecule has 0 aliphatic rings. The second-order valence-corrected chi connectivity index (χ2v) is 3.71. The van der Waals surface area contributed by atoms with Crippen molar-refractivity contribution in [1.82, 2.24) is 14.8 Å². The molecule has 2 aromatic heterocycles. The highest BCUT2D eigenvalue weighted by Crippen LogP contribution is 2.11. The summed E-state index contributed by atoms with van der Waals surface area (Å²) in [6.07, 6.45) is 6.44. The number of hydrogen-bond donors (Lipinski definition) is 2. The van der Waals surface area contributed by atoms with Gasteiger partial charge in [-0.1, -0.05) is 0 Å². The molecule has 0 aliphatic carbocycles. The molecule has 1 amide bonds. The van der Waals surface area contributed by atoms with Crippen LogP contribution >= 0.6 is 0 Å². The molecule has 2 aromatic rings. The molecule has 0 saturated heterocycles. The molecule has 0 saturated carbocycles. The number of aromatic nitrogens is 3. The number of pyridine rings is 1. The number of nitrogens with one attached hydrogen (secondary N) is 1. The van der Waals surface area contributed by atoms with E-state index in [-0.39, 0.29) is 12.5 Å². The first-order valence-corrected chi connectivity index (χ1v) is 5.13. The zero-order valence-corrected chi connectivity index (χ0v) is 9.42. The molecule has 0 fully saturated rings. The minimum Gasteiger partial charge on any atom is -0.396 e. The molecule has 0 radical (unpaired) electrons. The third-order valence-electron chi connectivity index (χ3n) is 2.25. The molecule has 0 atom stereocenters. The van der Waals surface area contributed by atoms with Crippen LogP contribution in [0.4, 0.5) is 11.4 Å². The molecule has 0 aromatic carbocycles. The Balaban J connectivity index is 2.01. The third kappa shape index (κ3) is 2.81. The minimum atomic E-state index is -0.151. The Morgan fingerprint density at radius 2 is 2.35 bits per heavy atom. The highest BCUT2D eigenvalue weighted by molar-refractivity contribution is 5.91. The van der Waals surface area contributed by atoms with E-state index in [1.165, 1.54) is 10.9 Å². The summed E-state index contributed by atoms with van der Waals surface area (Å²) < 4.78 is 1.49. The molecule has 0 spiro atoms. The Morgan fingerprint density at radius 1 is 1.53 bits per heavy atom. The van der Waals surface area contributed by atoms with E-state index in [1.54, 1.807) is 24.7 Å². The predicted octanol–water partition coefficient (Wildman–Crippen LogP) is 0.807. The van der Waals surface area contributed by atoms with Gasteiger partial charge in [0.1, 0.15) is 6.54 Å². The van der Waals surface area contributed by atoms with E-state index in [0.717, 1.165) is 11.3 Å². The van der Waals surface area contributed by atoms with Gasteiger partial charge in [0.05, 0.1) is 11.9 Å². The van der Waals surface area contributed by atoms with Gasteiger partial charge in [-0.2, -0.15) is 5.10 Å². The fourth-order valence-corrected chi connectivity index (χ4v) is 1.42. The lowest BCUT2D eigenvalue weighted by Gasteiger charge is -2.07. The summed E-state index contributed by atoms with van der Waals surface area (Å²) in [5, 5.41) is 6.73. The van der Waals surface area contributed by atoms with Gasteiger partial charge in [-0.05, 0) is 18.6 Å². The zero-order valence-electron chi connectivity index (χ0n) is 9.42.